The molecule has 1 heterocycles. The molecule has 0 bridgehead atoms. The Hall–Kier alpha value is -1.95. The van der Waals surface area contributed by atoms with Gasteiger partial charge in [-0.2, -0.15) is 15.5 Å². The van der Waals surface area contributed by atoms with Crippen LogP contribution in [0.15, 0.2) is 24.3 Å². The lowest BCUT2D eigenvalue weighted by Gasteiger charge is -2.07. The quantitative estimate of drug-likeness (QED) is 0.706. The molecule has 0 fully saturated rings. The number of hydrogen-bond donors (Lipinski definition) is 0. The topological polar surface area (TPSA) is 49.6 Å². The summed E-state index contributed by atoms with van der Waals surface area (Å²) in [5.41, 5.74) is 2.20. The van der Waals surface area contributed by atoms with Crippen LogP contribution in [0, 0.1) is 11.3 Å². The molecule has 2 rings (SSSR count). The van der Waals surface area contributed by atoms with E-state index in [2.05, 4.69) is 16.3 Å². The third-order valence-corrected chi connectivity index (χ3v) is 2.35. The number of benzene rings is 1. The van der Waals surface area contributed by atoms with Gasteiger partial charge in [0.2, 0.25) is 0 Å². The summed E-state index contributed by atoms with van der Waals surface area (Å²) in [4.78, 5) is 0. The first-order valence-corrected chi connectivity index (χ1v) is 4.89. The SMILES string of the molecule is CC(C)c1nnc2ccccc2c1C#N. The molecule has 1 aromatic heterocycles. The number of rotatable bonds is 1. The van der Waals surface area contributed by atoms with E-state index >= 15 is 0 Å². The molecule has 0 saturated carbocycles. The van der Waals surface area contributed by atoms with Crippen LogP contribution in [0.25, 0.3) is 10.9 Å². The highest BCUT2D eigenvalue weighted by molar-refractivity contribution is 5.84. The van der Waals surface area contributed by atoms with Gasteiger partial charge in [0.1, 0.15) is 6.07 Å². The van der Waals surface area contributed by atoms with Crippen LogP contribution >= 0.6 is 0 Å². The van der Waals surface area contributed by atoms with Gasteiger partial charge in [-0.25, -0.2) is 0 Å². The highest BCUT2D eigenvalue weighted by Crippen LogP contribution is 2.22. The van der Waals surface area contributed by atoms with Gasteiger partial charge in [-0.1, -0.05) is 32.0 Å². The Balaban J connectivity index is 2.83. The van der Waals surface area contributed by atoms with Gasteiger partial charge in [0, 0.05) is 5.39 Å². The van der Waals surface area contributed by atoms with Crippen molar-refractivity contribution in [3.63, 3.8) is 0 Å². The Kier molecular flexibility index (Phi) is 2.34. The molecular formula is C12H11N3. The fourth-order valence-corrected chi connectivity index (χ4v) is 1.59. The minimum atomic E-state index is 0.219. The molecule has 0 unspecified atom stereocenters. The van der Waals surface area contributed by atoms with Gasteiger partial charge in [-0.3, -0.25) is 0 Å². The minimum Gasteiger partial charge on any atom is -0.192 e. The molecule has 3 heteroatoms. The predicted octanol–water partition coefficient (Wildman–Crippen LogP) is 2.62. The smallest absolute Gasteiger partial charge is 0.102 e. The molecule has 0 N–H and O–H groups in total. The molecular weight excluding hydrogens is 186 g/mol. The second-order valence-electron chi connectivity index (χ2n) is 3.74. The van der Waals surface area contributed by atoms with Crippen LogP contribution in [0.2, 0.25) is 0 Å². The van der Waals surface area contributed by atoms with Crippen LogP contribution in [0.4, 0.5) is 0 Å². The van der Waals surface area contributed by atoms with Crippen molar-refractivity contribution in [2.45, 2.75) is 19.8 Å². The fraction of sp³-hybridized carbons (Fsp3) is 0.250. The third-order valence-electron chi connectivity index (χ3n) is 2.35. The normalized spacial score (nSPS) is 10.5. The lowest BCUT2D eigenvalue weighted by Crippen LogP contribution is -2.00. The summed E-state index contributed by atoms with van der Waals surface area (Å²) in [5, 5.41) is 18.2. The lowest BCUT2D eigenvalue weighted by molar-refractivity contribution is 0.790. The first-order chi connectivity index (χ1) is 7.24. The molecule has 1 aromatic carbocycles. The molecule has 0 aliphatic carbocycles. The molecule has 74 valence electrons. The molecule has 15 heavy (non-hydrogen) atoms. The fourth-order valence-electron chi connectivity index (χ4n) is 1.59. The number of nitrogens with zero attached hydrogens (tertiary/aromatic N) is 3. The van der Waals surface area contributed by atoms with Crippen molar-refractivity contribution in [2.24, 2.45) is 0 Å². The summed E-state index contributed by atoms with van der Waals surface area (Å²) in [6, 6.07) is 9.80. The van der Waals surface area contributed by atoms with E-state index in [0.29, 0.717) is 5.56 Å². The summed E-state index contributed by atoms with van der Waals surface area (Å²) in [5.74, 6) is 0.219. The second kappa shape index (κ2) is 3.66. The largest absolute Gasteiger partial charge is 0.192 e. The minimum absolute atomic E-state index is 0.219. The molecule has 0 amide bonds. The summed E-state index contributed by atoms with van der Waals surface area (Å²) >= 11 is 0. The highest BCUT2D eigenvalue weighted by Gasteiger charge is 2.12. The maximum atomic E-state index is 9.15. The monoisotopic (exact) mass is 197 g/mol. The van der Waals surface area contributed by atoms with Gasteiger partial charge in [0.25, 0.3) is 0 Å². The average Bonchev–Trinajstić information content (AvgIpc) is 2.27. The van der Waals surface area contributed by atoms with Gasteiger partial charge < -0.3 is 0 Å². The Labute approximate surface area is 88.4 Å². The van der Waals surface area contributed by atoms with Gasteiger partial charge in [0.15, 0.2) is 0 Å². The Morgan fingerprint density at radius 3 is 2.60 bits per heavy atom. The van der Waals surface area contributed by atoms with Gasteiger partial charge >= 0.3 is 0 Å². The van der Waals surface area contributed by atoms with Crippen molar-refractivity contribution >= 4 is 10.9 Å². The summed E-state index contributed by atoms with van der Waals surface area (Å²) in [7, 11) is 0. The Bertz CT molecular complexity index is 538. The van der Waals surface area contributed by atoms with Gasteiger partial charge in [-0.15, -0.1) is 0 Å². The van der Waals surface area contributed by atoms with E-state index < -0.39 is 0 Å². The molecule has 2 aromatic rings. The van der Waals surface area contributed by atoms with Crippen molar-refractivity contribution in [1.29, 1.82) is 5.26 Å². The molecule has 0 radical (unpaired) electrons. The van der Waals surface area contributed by atoms with E-state index in [0.717, 1.165) is 16.6 Å². The summed E-state index contributed by atoms with van der Waals surface area (Å²) in [6.45, 7) is 4.03. The Morgan fingerprint density at radius 2 is 1.93 bits per heavy atom. The molecule has 0 aliphatic heterocycles. The van der Waals surface area contributed by atoms with E-state index in [1.54, 1.807) is 0 Å². The van der Waals surface area contributed by atoms with Crippen molar-refractivity contribution < 1.29 is 0 Å². The van der Waals surface area contributed by atoms with Crippen LogP contribution < -0.4 is 0 Å². The van der Waals surface area contributed by atoms with E-state index in [1.165, 1.54) is 0 Å². The maximum Gasteiger partial charge on any atom is 0.102 e. The molecule has 3 nitrogen and oxygen atoms in total. The lowest BCUT2D eigenvalue weighted by atomic mass is 10.0. The first-order valence-electron chi connectivity index (χ1n) is 4.89. The predicted molar refractivity (Wildman–Crippen MR) is 58.3 cm³/mol. The second-order valence-corrected chi connectivity index (χ2v) is 3.74. The van der Waals surface area contributed by atoms with E-state index in [4.69, 9.17) is 5.26 Å². The van der Waals surface area contributed by atoms with Crippen molar-refractivity contribution in [1.82, 2.24) is 10.2 Å². The van der Waals surface area contributed by atoms with E-state index in [9.17, 15) is 0 Å². The van der Waals surface area contributed by atoms with Crippen LogP contribution in [-0.2, 0) is 0 Å². The number of hydrogen-bond acceptors (Lipinski definition) is 3. The highest BCUT2D eigenvalue weighted by atomic mass is 15.1. The van der Waals surface area contributed by atoms with Crippen molar-refractivity contribution in [3.05, 3.63) is 35.5 Å². The van der Waals surface area contributed by atoms with Crippen LogP contribution in [-0.4, -0.2) is 10.2 Å². The number of fused-ring (bicyclic) bond motifs is 1. The molecule has 0 spiro atoms. The number of nitriles is 1. The zero-order chi connectivity index (χ0) is 10.8. The number of aromatic nitrogens is 2. The molecule has 0 saturated heterocycles. The van der Waals surface area contributed by atoms with Crippen LogP contribution in [0.3, 0.4) is 0 Å². The van der Waals surface area contributed by atoms with Crippen molar-refractivity contribution in [3.8, 4) is 6.07 Å². The average molecular weight is 197 g/mol. The molecule has 0 atom stereocenters. The zero-order valence-electron chi connectivity index (χ0n) is 8.73. The van der Waals surface area contributed by atoms with E-state index in [1.807, 2.05) is 38.1 Å². The first kappa shape index (κ1) is 9.60. The van der Waals surface area contributed by atoms with E-state index in [-0.39, 0.29) is 5.92 Å². The maximum absolute atomic E-state index is 9.15. The zero-order valence-corrected chi connectivity index (χ0v) is 8.73. The van der Waals surface area contributed by atoms with Crippen LogP contribution in [0.1, 0.15) is 31.0 Å². The standard InChI is InChI=1S/C12H11N3/c1-8(2)12-10(7-13)9-5-3-4-6-11(9)14-15-12/h3-6,8H,1-2H3. The summed E-state index contributed by atoms with van der Waals surface area (Å²) < 4.78 is 0. The van der Waals surface area contributed by atoms with Gasteiger partial charge in [-0.05, 0) is 12.0 Å². The third kappa shape index (κ3) is 1.55. The van der Waals surface area contributed by atoms with Crippen LogP contribution in [0.5, 0.6) is 0 Å². The molecule has 0 aliphatic rings. The van der Waals surface area contributed by atoms with Gasteiger partial charge in [0.05, 0.1) is 16.8 Å². The summed E-state index contributed by atoms with van der Waals surface area (Å²) in [6.07, 6.45) is 0. The van der Waals surface area contributed by atoms with Crippen molar-refractivity contribution in [2.75, 3.05) is 0 Å². The Morgan fingerprint density at radius 1 is 1.20 bits per heavy atom.